The summed E-state index contributed by atoms with van der Waals surface area (Å²) in [7, 11) is 0. The molecule has 3 aromatic rings. The van der Waals surface area contributed by atoms with Crippen LogP contribution < -0.4 is 16.4 Å². The summed E-state index contributed by atoms with van der Waals surface area (Å²) in [6, 6.07) is 14.0. The van der Waals surface area contributed by atoms with Gasteiger partial charge < -0.3 is 26.5 Å². The van der Waals surface area contributed by atoms with Crippen LogP contribution >= 0.6 is 0 Å². The van der Waals surface area contributed by atoms with Gasteiger partial charge in [0.05, 0.1) is 0 Å². The molecule has 7 nitrogen and oxygen atoms in total. The molecule has 7 heteroatoms. The lowest BCUT2D eigenvalue weighted by Gasteiger charge is -2.17. The second-order valence-electron chi connectivity index (χ2n) is 6.47. The summed E-state index contributed by atoms with van der Waals surface area (Å²) in [6.45, 7) is 2.39. The minimum absolute atomic E-state index is 0.245. The van der Waals surface area contributed by atoms with Crippen molar-refractivity contribution < 1.29 is 14.7 Å². The summed E-state index contributed by atoms with van der Waals surface area (Å²) in [4.78, 5) is 27.0. The topological polar surface area (TPSA) is 120 Å². The number of fused-ring (bicyclic) bond motifs is 1. The normalized spacial score (nSPS) is 11.9. The van der Waals surface area contributed by atoms with Crippen LogP contribution in [0.2, 0.25) is 0 Å². The number of rotatable bonds is 6. The molecule has 1 atom stereocenters. The molecule has 2 aromatic carbocycles. The number of carbonyl (C=O) groups excluding carboxylic acids is 1. The molecule has 0 unspecified atom stereocenters. The first-order valence-corrected chi connectivity index (χ1v) is 8.62. The number of H-pyrrole nitrogens is 1. The van der Waals surface area contributed by atoms with Crippen molar-refractivity contribution in [2.75, 3.05) is 5.32 Å². The zero-order valence-electron chi connectivity index (χ0n) is 15.0. The van der Waals surface area contributed by atoms with Gasteiger partial charge >= 0.3 is 6.09 Å². The number of anilines is 1. The third kappa shape index (κ3) is 4.65. The van der Waals surface area contributed by atoms with Crippen molar-refractivity contribution in [1.29, 1.82) is 0 Å². The van der Waals surface area contributed by atoms with Crippen LogP contribution in [0, 0.1) is 6.92 Å². The summed E-state index contributed by atoms with van der Waals surface area (Å²) >= 11 is 0. The predicted molar refractivity (Wildman–Crippen MR) is 105 cm³/mol. The summed E-state index contributed by atoms with van der Waals surface area (Å²) in [6.07, 6.45) is -1.00. The molecule has 0 saturated heterocycles. The Hall–Kier alpha value is -3.32. The summed E-state index contributed by atoms with van der Waals surface area (Å²) in [5, 5.41) is 15.2. The van der Waals surface area contributed by atoms with Crippen LogP contribution in [0.15, 0.2) is 48.5 Å². The Kier molecular flexibility index (Phi) is 5.42. The van der Waals surface area contributed by atoms with Crippen LogP contribution in [0.1, 0.15) is 16.8 Å². The van der Waals surface area contributed by atoms with Crippen molar-refractivity contribution in [3.63, 3.8) is 0 Å². The molecule has 27 heavy (non-hydrogen) atoms. The maximum absolute atomic E-state index is 12.7. The Morgan fingerprint density at radius 1 is 1.11 bits per heavy atom. The van der Waals surface area contributed by atoms with E-state index in [-0.39, 0.29) is 6.42 Å². The van der Waals surface area contributed by atoms with Crippen LogP contribution in [0.3, 0.4) is 0 Å². The highest BCUT2D eigenvalue weighted by atomic mass is 16.4. The van der Waals surface area contributed by atoms with Gasteiger partial charge in [0.1, 0.15) is 6.04 Å². The van der Waals surface area contributed by atoms with Gasteiger partial charge in [-0.3, -0.25) is 4.79 Å². The van der Waals surface area contributed by atoms with Gasteiger partial charge in [0.15, 0.2) is 0 Å². The number of nitrogens with two attached hydrogens (primary N) is 1. The van der Waals surface area contributed by atoms with E-state index in [0.717, 1.165) is 27.7 Å². The van der Waals surface area contributed by atoms with Gasteiger partial charge in [-0.1, -0.05) is 24.3 Å². The number of aromatic amines is 1. The van der Waals surface area contributed by atoms with E-state index >= 15 is 0 Å². The van der Waals surface area contributed by atoms with Gasteiger partial charge in [-0.2, -0.15) is 0 Å². The van der Waals surface area contributed by atoms with Gasteiger partial charge in [0.2, 0.25) is 5.91 Å². The highest BCUT2D eigenvalue weighted by Gasteiger charge is 2.21. The van der Waals surface area contributed by atoms with Gasteiger partial charge in [-0.25, -0.2) is 4.79 Å². The van der Waals surface area contributed by atoms with E-state index in [1.54, 1.807) is 6.07 Å². The minimum Gasteiger partial charge on any atom is -0.465 e. The summed E-state index contributed by atoms with van der Waals surface area (Å²) in [5.74, 6) is -0.410. The first-order valence-electron chi connectivity index (χ1n) is 8.62. The molecule has 0 bridgehead atoms. The second kappa shape index (κ2) is 7.92. The van der Waals surface area contributed by atoms with E-state index in [1.807, 2.05) is 49.4 Å². The van der Waals surface area contributed by atoms with Crippen molar-refractivity contribution in [3.05, 3.63) is 65.4 Å². The van der Waals surface area contributed by atoms with Crippen molar-refractivity contribution in [2.45, 2.75) is 25.9 Å². The summed E-state index contributed by atoms with van der Waals surface area (Å²) < 4.78 is 0. The Balaban J connectivity index is 1.75. The maximum atomic E-state index is 12.7. The zero-order valence-corrected chi connectivity index (χ0v) is 15.0. The molecule has 140 valence electrons. The lowest BCUT2D eigenvalue weighted by molar-refractivity contribution is -0.118. The number of carbonyl (C=O) groups is 2. The SMILES string of the molecule is Cc1cc2cc(NC(=O)[C@H](Cc3ccc(CN)cc3)NC(=O)O)ccc2[nH]1. The van der Waals surface area contributed by atoms with E-state index in [2.05, 4.69) is 15.6 Å². The quantitative estimate of drug-likeness (QED) is 0.461. The van der Waals surface area contributed by atoms with E-state index in [4.69, 9.17) is 10.8 Å². The largest absolute Gasteiger partial charge is 0.465 e. The van der Waals surface area contributed by atoms with Gasteiger partial charge in [-0.05, 0) is 42.3 Å². The molecule has 3 rings (SSSR count). The number of benzene rings is 2. The van der Waals surface area contributed by atoms with Crippen molar-refractivity contribution in [2.24, 2.45) is 5.73 Å². The number of nitrogens with one attached hydrogen (secondary N) is 3. The molecule has 6 N–H and O–H groups in total. The predicted octanol–water partition coefficient (Wildman–Crippen LogP) is 2.75. The average molecular weight is 366 g/mol. The third-order valence-electron chi connectivity index (χ3n) is 4.34. The lowest BCUT2D eigenvalue weighted by atomic mass is 10.0. The standard InChI is InChI=1S/C20H22N4O3/c1-12-8-15-10-16(6-7-17(15)22-12)23-19(25)18(24-20(26)27)9-13-2-4-14(11-21)5-3-13/h2-8,10,18,22,24H,9,11,21H2,1H3,(H,23,25)(H,26,27)/t18-/m0/s1. The third-order valence-corrected chi connectivity index (χ3v) is 4.34. The van der Waals surface area contributed by atoms with Gasteiger partial charge in [-0.15, -0.1) is 0 Å². The average Bonchev–Trinajstić information content (AvgIpc) is 3.00. The maximum Gasteiger partial charge on any atom is 0.405 e. The van der Waals surface area contributed by atoms with E-state index in [1.165, 1.54) is 0 Å². The van der Waals surface area contributed by atoms with Crippen LogP contribution in [0.5, 0.6) is 0 Å². The molecular formula is C20H22N4O3. The number of carboxylic acid groups (broad SMARTS) is 1. The molecule has 0 aliphatic carbocycles. The van der Waals surface area contributed by atoms with E-state index in [0.29, 0.717) is 12.2 Å². The second-order valence-corrected chi connectivity index (χ2v) is 6.47. The highest BCUT2D eigenvalue weighted by Crippen LogP contribution is 2.20. The fourth-order valence-electron chi connectivity index (χ4n) is 2.99. The van der Waals surface area contributed by atoms with Crippen LogP contribution in [-0.2, 0) is 17.8 Å². The van der Waals surface area contributed by atoms with Crippen molar-refractivity contribution >= 4 is 28.6 Å². The Morgan fingerprint density at radius 2 is 1.81 bits per heavy atom. The number of aryl methyl sites for hydroxylation is 1. The number of amides is 2. The smallest absolute Gasteiger partial charge is 0.405 e. The molecule has 0 aliphatic heterocycles. The minimum atomic E-state index is -1.24. The van der Waals surface area contributed by atoms with Crippen molar-refractivity contribution in [1.82, 2.24) is 10.3 Å². The monoisotopic (exact) mass is 366 g/mol. The van der Waals surface area contributed by atoms with E-state index < -0.39 is 18.0 Å². The molecule has 0 saturated carbocycles. The highest BCUT2D eigenvalue weighted by molar-refractivity contribution is 5.98. The fraction of sp³-hybridized carbons (Fsp3) is 0.200. The molecule has 1 aromatic heterocycles. The Labute approximate surface area is 156 Å². The lowest BCUT2D eigenvalue weighted by Crippen LogP contribution is -2.44. The Bertz CT molecular complexity index is 963. The van der Waals surface area contributed by atoms with Crippen LogP contribution in [0.25, 0.3) is 10.9 Å². The molecule has 2 amide bonds. The van der Waals surface area contributed by atoms with Crippen molar-refractivity contribution in [3.8, 4) is 0 Å². The molecular weight excluding hydrogens is 344 g/mol. The first-order chi connectivity index (χ1) is 12.9. The number of hydrogen-bond acceptors (Lipinski definition) is 3. The summed E-state index contributed by atoms with van der Waals surface area (Å²) in [5.41, 5.74) is 10.0. The molecule has 0 aliphatic rings. The first kappa shape index (κ1) is 18.5. The zero-order chi connectivity index (χ0) is 19.4. The molecule has 0 radical (unpaired) electrons. The number of hydrogen-bond donors (Lipinski definition) is 5. The van der Waals surface area contributed by atoms with Crippen LogP contribution in [-0.4, -0.2) is 28.1 Å². The van der Waals surface area contributed by atoms with E-state index in [9.17, 15) is 9.59 Å². The van der Waals surface area contributed by atoms with Crippen LogP contribution in [0.4, 0.5) is 10.5 Å². The molecule has 0 fully saturated rings. The number of aromatic nitrogens is 1. The van der Waals surface area contributed by atoms with Gasteiger partial charge in [0, 0.05) is 35.2 Å². The fourth-order valence-corrected chi connectivity index (χ4v) is 2.99. The molecule has 0 spiro atoms. The Morgan fingerprint density at radius 3 is 2.48 bits per heavy atom. The van der Waals surface area contributed by atoms with Gasteiger partial charge in [0.25, 0.3) is 0 Å². The molecule has 1 heterocycles.